The van der Waals surface area contributed by atoms with Crippen molar-refractivity contribution in [2.45, 2.75) is 51.0 Å². The first-order valence-electron chi connectivity index (χ1n) is 7.36. The number of piperidine rings is 1. The van der Waals surface area contributed by atoms with Crippen molar-refractivity contribution >= 4 is 17.3 Å². The van der Waals surface area contributed by atoms with Crippen LogP contribution >= 0.6 is 12.2 Å². The van der Waals surface area contributed by atoms with E-state index >= 15 is 0 Å². The Balaban J connectivity index is 1.80. The molecular formula is C14H26N2OS. The van der Waals surface area contributed by atoms with Gasteiger partial charge in [-0.25, -0.2) is 0 Å². The summed E-state index contributed by atoms with van der Waals surface area (Å²) in [6, 6.07) is 0.718. The number of nitrogens with zero attached hydrogens (tertiary/aromatic N) is 1. The molecule has 2 rings (SSSR count). The van der Waals surface area contributed by atoms with Crippen molar-refractivity contribution < 1.29 is 4.74 Å². The highest BCUT2D eigenvalue weighted by atomic mass is 32.1. The fourth-order valence-electron chi connectivity index (χ4n) is 3.39. The third-order valence-electron chi connectivity index (χ3n) is 4.31. The molecule has 1 heterocycles. The maximum Gasteiger partial charge on any atom is 0.169 e. The van der Waals surface area contributed by atoms with Gasteiger partial charge in [0.25, 0.3) is 0 Å². The average molecular weight is 270 g/mol. The van der Waals surface area contributed by atoms with Gasteiger partial charge in [-0.3, -0.25) is 0 Å². The average Bonchev–Trinajstić information content (AvgIpc) is 2.43. The van der Waals surface area contributed by atoms with E-state index in [4.69, 9.17) is 17.0 Å². The molecule has 4 heteroatoms. The zero-order valence-electron chi connectivity index (χ0n) is 11.5. The Morgan fingerprint density at radius 3 is 2.89 bits per heavy atom. The van der Waals surface area contributed by atoms with E-state index in [1.807, 2.05) is 0 Å². The van der Waals surface area contributed by atoms with E-state index in [0.29, 0.717) is 0 Å². The monoisotopic (exact) mass is 270 g/mol. The lowest BCUT2D eigenvalue weighted by Gasteiger charge is -2.45. The molecule has 18 heavy (non-hydrogen) atoms. The van der Waals surface area contributed by atoms with Crippen molar-refractivity contribution in [1.29, 1.82) is 0 Å². The molecule has 1 aliphatic carbocycles. The van der Waals surface area contributed by atoms with Gasteiger partial charge in [0.1, 0.15) is 0 Å². The Labute approximate surface area is 116 Å². The van der Waals surface area contributed by atoms with Crippen LogP contribution in [0.5, 0.6) is 0 Å². The highest BCUT2D eigenvalue weighted by Crippen LogP contribution is 2.35. The van der Waals surface area contributed by atoms with Crippen LogP contribution in [0, 0.1) is 5.92 Å². The zero-order chi connectivity index (χ0) is 12.8. The van der Waals surface area contributed by atoms with Crippen molar-refractivity contribution in [3.8, 4) is 0 Å². The summed E-state index contributed by atoms with van der Waals surface area (Å²) < 4.78 is 5.06. The number of ether oxygens (including phenoxy) is 1. The van der Waals surface area contributed by atoms with Crippen molar-refractivity contribution in [2.75, 3.05) is 26.8 Å². The molecule has 1 saturated carbocycles. The standard InChI is InChI=1S/C14H26N2OS/c1-17-11-5-9-15-14(18)16-10-4-7-12-6-2-3-8-13(12)16/h12-13H,2-11H2,1H3,(H,15,18). The van der Waals surface area contributed by atoms with Crippen LogP contribution in [0.4, 0.5) is 0 Å². The number of rotatable bonds is 4. The summed E-state index contributed by atoms with van der Waals surface area (Å²) in [6.45, 7) is 2.89. The van der Waals surface area contributed by atoms with Crippen LogP contribution in [0.25, 0.3) is 0 Å². The van der Waals surface area contributed by atoms with E-state index in [1.54, 1.807) is 7.11 Å². The summed E-state index contributed by atoms with van der Waals surface area (Å²) >= 11 is 5.57. The molecule has 2 unspecified atom stereocenters. The topological polar surface area (TPSA) is 24.5 Å². The number of hydrogen-bond donors (Lipinski definition) is 1. The number of methoxy groups -OCH3 is 1. The van der Waals surface area contributed by atoms with Gasteiger partial charge < -0.3 is 15.0 Å². The summed E-state index contributed by atoms with van der Waals surface area (Å²) in [6.07, 6.45) is 9.29. The Bertz CT molecular complexity index is 271. The van der Waals surface area contributed by atoms with Crippen molar-refractivity contribution in [1.82, 2.24) is 10.2 Å². The predicted octanol–water partition coefficient (Wildman–Crippen LogP) is 2.55. The van der Waals surface area contributed by atoms with Gasteiger partial charge in [0.2, 0.25) is 0 Å². The summed E-state index contributed by atoms with van der Waals surface area (Å²) in [5.41, 5.74) is 0. The van der Waals surface area contributed by atoms with Gasteiger partial charge in [0.05, 0.1) is 0 Å². The summed E-state index contributed by atoms with van der Waals surface area (Å²) in [4.78, 5) is 2.47. The summed E-state index contributed by atoms with van der Waals surface area (Å²) in [7, 11) is 1.75. The minimum Gasteiger partial charge on any atom is -0.385 e. The molecule has 0 aromatic heterocycles. The van der Waals surface area contributed by atoms with Crippen LogP contribution in [0.2, 0.25) is 0 Å². The minimum absolute atomic E-state index is 0.718. The quantitative estimate of drug-likeness (QED) is 0.627. The molecule has 3 nitrogen and oxygen atoms in total. The van der Waals surface area contributed by atoms with E-state index in [1.165, 1.54) is 38.5 Å². The molecule has 0 amide bonds. The lowest BCUT2D eigenvalue weighted by molar-refractivity contribution is 0.118. The van der Waals surface area contributed by atoms with Gasteiger partial charge in [0.15, 0.2) is 5.11 Å². The molecule has 0 aromatic rings. The first-order valence-corrected chi connectivity index (χ1v) is 7.77. The SMILES string of the molecule is COCCCNC(=S)N1CCCC2CCCCC21. The van der Waals surface area contributed by atoms with Gasteiger partial charge in [-0.05, 0) is 50.2 Å². The third-order valence-corrected chi connectivity index (χ3v) is 4.68. The second-order valence-corrected chi connectivity index (χ2v) is 5.91. The van der Waals surface area contributed by atoms with Crippen LogP contribution in [0.15, 0.2) is 0 Å². The number of fused-ring (bicyclic) bond motifs is 1. The molecule has 1 saturated heterocycles. The molecule has 0 radical (unpaired) electrons. The van der Waals surface area contributed by atoms with Crippen LogP contribution in [-0.2, 0) is 4.74 Å². The Kier molecular flexibility index (Phi) is 5.70. The van der Waals surface area contributed by atoms with E-state index in [2.05, 4.69) is 10.2 Å². The van der Waals surface area contributed by atoms with Gasteiger partial charge >= 0.3 is 0 Å². The molecule has 2 fully saturated rings. The third kappa shape index (κ3) is 3.58. The lowest BCUT2D eigenvalue weighted by atomic mass is 9.78. The fourth-order valence-corrected chi connectivity index (χ4v) is 3.72. The van der Waals surface area contributed by atoms with E-state index in [9.17, 15) is 0 Å². The molecule has 1 N–H and O–H groups in total. The highest BCUT2D eigenvalue weighted by Gasteiger charge is 2.34. The first-order chi connectivity index (χ1) is 8.83. The number of thiocarbonyl (C=S) groups is 1. The fraction of sp³-hybridized carbons (Fsp3) is 0.929. The van der Waals surface area contributed by atoms with Crippen molar-refractivity contribution in [2.24, 2.45) is 5.92 Å². The molecule has 0 bridgehead atoms. The number of nitrogens with one attached hydrogen (secondary N) is 1. The Hall–Kier alpha value is -0.350. The minimum atomic E-state index is 0.718. The molecular weight excluding hydrogens is 244 g/mol. The largest absolute Gasteiger partial charge is 0.385 e. The molecule has 2 aliphatic rings. The van der Waals surface area contributed by atoms with Crippen molar-refractivity contribution in [3.05, 3.63) is 0 Å². The van der Waals surface area contributed by atoms with Gasteiger partial charge in [-0.2, -0.15) is 0 Å². The second kappa shape index (κ2) is 7.29. The van der Waals surface area contributed by atoms with Crippen molar-refractivity contribution in [3.63, 3.8) is 0 Å². The van der Waals surface area contributed by atoms with Gasteiger partial charge in [-0.1, -0.05) is 12.8 Å². The van der Waals surface area contributed by atoms with E-state index in [-0.39, 0.29) is 0 Å². The zero-order valence-corrected chi connectivity index (χ0v) is 12.3. The first kappa shape index (κ1) is 14.1. The van der Waals surface area contributed by atoms with Crippen LogP contribution < -0.4 is 5.32 Å². The number of likely N-dealkylation sites (tertiary alicyclic amines) is 1. The van der Waals surface area contributed by atoms with E-state index in [0.717, 1.165) is 43.2 Å². The molecule has 104 valence electrons. The van der Waals surface area contributed by atoms with Gasteiger partial charge in [0, 0.05) is 32.8 Å². The lowest BCUT2D eigenvalue weighted by Crippen LogP contribution is -2.53. The van der Waals surface area contributed by atoms with Crippen LogP contribution in [0.1, 0.15) is 44.9 Å². The molecule has 2 atom stereocenters. The smallest absolute Gasteiger partial charge is 0.169 e. The molecule has 0 spiro atoms. The maximum absolute atomic E-state index is 5.57. The molecule has 1 aliphatic heterocycles. The maximum atomic E-state index is 5.57. The Morgan fingerprint density at radius 1 is 1.28 bits per heavy atom. The number of hydrogen-bond acceptors (Lipinski definition) is 2. The Morgan fingerprint density at radius 2 is 2.06 bits per heavy atom. The van der Waals surface area contributed by atoms with E-state index < -0.39 is 0 Å². The highest BCUT2D eigenvalue weighted by molar-refractivity contribution is 7.80. The predicted molar refractivity (Wildman–Crippen MR) is 78.8 cm³/mol. The van der Waals surface area contributed by atoms with Crippen LogP contribution in [-0.4, -0.2) is 42.9 Å². The summed E-state index contributed by atoms with van der Waals surface area (Å²) in [5.74, 6) is 0.895. The summed E-state index contributed by atoms with van der Waals surface area (Å²) in [5, 5.41) is 4.37. The molecule has 0 aromatic carbocycles. The van der Waals surface area contributed by atoms with Crippen LogP contribution in [0.3, 0.4) is 0 Å². The second-order valence-electron chi connectivity index (χ2n) is 5.53. The normalized spacial score (nSPS) is 27.7. The van der Waals surface area contributed by atoms with Gasteiger partial charge in [-0.15, -0.1) is 0 Å².